The van der Waals surface area contributed by atoms with Crippen molar-refractivity contribution in [3.8, 4) is 5.75 Å². The number of hydrogen-bond donors (Lipinski definition) is 0. The van der Waals surface area contributed by atoms with Crippen LogP contribution in [-0.2, 0) is 21.7 Å². The van der Waals surface area contributed by atoms with E-state index in [4.69, 9.17) is 4.74 Å². The second-order valence-electron chi connectivity index (χ2n) is 8.92. The molecule has 158 valence electrons. The van der Waals surface area contributed by atoms with Crippen LogP contribution in [0.3, 0.4) is 0 Å². The molecule has 0 saturated heterocycles. The van der Waals surface area contributed by atoms with Crippen LogP contribution in [0.2, 0.25) is 13.1 Å². The molecule has 0 fully saturated rings. The molecule has 0 saturated carbocycles. The van der Waals surface area contributed by atoms with Gasteiger partial charge in [-0.2, -0.15) is 11.6 Å². The van der Waals surface area contributed by atoms with Gasteiger partial charge in [0.25, 0.3) is 0 Å². The summed E-state index contributed by atoms with van der Waals surface area (Å²) in [7, 11) is 1.08. The Kier molecular flexibility index (Phi) is 15.4. The molecule has 0 aromatic heterocycles. The van der Waals surface area contributed by atoms with Crippen molar-refractivity contribution in [1.29, 1.82) is 0 Å². The van der Waals surface area contributed by atoms with Crippen LogP contribution in [0.5, 0.6) is 5.75 Å². The zero-order chi connectivity index (χ0) is 21.8. The molecule has 0 unspecified atom stereocenters. The number of allylic oxidation sites excluding steroid dienone is 6. The minimum absolute atomic E-state index is 0. The molecule has 0 aliphatic heterocycles. The van der Waals surface area contributed by atoms with E-state index in [0.29, 0.717) is 5.41 Å². The van der Waals surface area contributed by atoms with Gasteiger partial charge >= 0.3 is 0 Å². The molecule has 0 spiro atoms. The van der Waals surface area contributed by atoms with E-state index in [1.165, 1.54) is 11.1 Å². The molecule has 0 N–H and O–H groups in total. The molecular weight excluding hydrogens is 404 g/mol. The largest absolute Gasteiger partial charge is 0.465 e. The molecule has 1 aromatic carbocycles. The van der Waals surface area contributed by atoms with Gasteiger partial charge in [-0.05, 0) is 35.6 Å². The maximum atomic E-state index is 5.63. The second kappa shape index (κ2) is 14.8. The van der Waals surface area contributed by atoms with E-state index in [1.807, 2.05) is 24.3 Å². The van der Waals surface area contributed by atoms with Crippen molar-refractivity contribution in [2.24, 2.45) is 10.8 Å². The monoisotopic (exact) mass is 443 g/mol. The predicted molar refractivity (Wildman–Crippen MR) is 127 cm³/mol. The van der Waals surface area contributed by atoms with Crippen LogP contribution in [-0.4, -0.2) is 9.52 Å². The van der Waals surface area contributed by atoms with E-state index in [-0.39, 0.29) is 27.1 Å². The fourth-order valence-electron chi connectivity index (χ4n) is 2.27. The molecule has 0 bridgehead atoms. The summed E-state index contributed by atoms with van der Waals surface area (Å²) in [5.41, 5.74) is 4.09. The third kappa shape index (κ3) is 13.7. The number of aryl methyl sites for hydroxylation is 1. The summed E-state index contributed by atoms with van der Waals surface area (Å²) < 4.78 is 5.63. The molecule has 3 heteroatoms. The minimum Gasteiger partial charge on any atom is -0.465 e. The Morgan fingerprint density at radius 1 is 1.14 bits per heavy atom. The topological polar surface area (TPSA) is 9.23 Å². The molecule has 1 aliphatic rings. The minimum atomic E-state index is 0. The first-order chi connectivity index (χ1) is 13.0. The van der Waals surface area contributed by atoms with Gasteiger partial charge in [-0.3, -0.25) is 6.08 Å². The van der Waals surface area contributed by atoms with Crippen molar-refractivity contribution in [3.63, 3.8) is 0 Å². The molecule has 1 aliphatic carbocycles. The van der Waals surface area contributed by atoms with Gasteiger partial charge in [0, 0.05) is 31.2 Å². The Bertz CT molecular complexity index is 685. The Hall–Kier alpha value is -1.09. The molecule has 29 heavy (non-hydrogen) atoms. The van der Waals surface area contributed by atoms with Crippen LogP contribution < -0.4 is 4.74 Å². The Labute approximate surface area is 198 Å². The predicted octanol–water partition coefficient (Wildman–Crippen LogP) is 8.00. The van der Waals surface area contributed by atoms with Crippen molar-refractivity contribution < 1.29 is 26.5 Å². The van der Waals surface area contributed by atoms with Crippen molar-refractivity contribution in [2.75, 3.05) is 0 Å². The average Bonchev–Trinajstić information content (AvgIpc) is 3.10. The second-order valence-corrected chi connectivity index (χ2v) is 9.92. The summed E-state index contributed by atoms with van der Waals surface area (Å²) in [6.45, 7) is 23.3. The molecule has 1 aromatic rings. The summed E-state index contributed by atoms with van der Waals surface area (Å²) in [6, 6.07) is 8.00. The summed E-state index contributed by atoms with van der Waals surface area (Å²) in [4.78, 5) is 0. The first-order valence-electron chi connectivity index (χ1n) is 9.87. The Morgan fingerprint density at radius 3 is 2.07 bits per heavy atom. The van der Waals surface area contributed by atoms with Crippen LogP contribution in [0, 0.1) is 23.8 Å². The van der Waals surface area contributed by atoms with Crippen molar-refractivity contribution in [2.45, 2.75) is 68.0 Å². The zero-order valence-corrected chi connectivity index (χ0v) is 22.5. The maximum absolute atomic E-state index is 5.63. The van der Waals surface area contributed by atoms with Crippen LogP contribution in [0.4, 0.5) is 0 Å². The van der Waals surface area contributed by atoms with Gasteiger partial charge in [0.05, 0.1) is 6.26 Å². The molecule has 2 rings (SSSR count). The first kappa shape index (κ1) is 30.1. The van der Waals surface area contributed by atoms with Crippen molar-refractivity contribution in [1.82, 2.24) is 0 Å². The van der Waals surface area contributed by atoms with Crippen LogP contribution in [0.1, 0.15) is 53.5 Å². The quantitative estimate of drug-likeness (QED) is 0.199. The van der Waals surface area contributed by atoms with Gasteiger partial charge in [0.2, 0.25) is 0 Å². The van der Waals surface area contributed by atoms with E-state index in [1.54, 1.807) is 6.26 Å². The number of hydrogen-bond acceptors (Lipinski definition) is 1. The summed E-state index contributed by atoms with van der Waals surface area (Å²) in [6.07, 6.45) is 12.1. The average molecular weight is 444 g/mol. The smallest absolute Gasteiger partial charge is 0.126 e. The number of rotatable bonds is 3. The third-order valence-corrected chi connectivity index (χ3v) is 3.96. The zero-order valence-electron chi connectivity index (χ0n) is 19.9. The summed E-state index contributed by atoms with van der Waals surface area (Å²) >= 11 is 0. The van der Waals surface area contributed by atoms with Gasteiger partial charge in [-0.25, -0.2) is 6.08 Å². The van der Waals surface area contributed by atoms with E-state index < -0.39 is 0 Å². The van der Waals surface area contributed by atoms with Gasteiger partial charge in [-0.1, -0.05) is 84.8 Å². The van der Waals surface area contributed by atoms with Crippen molar-refractivity contribution >= 4 is 9.52 Å². The van der Waals surface area contributed by atoms with Crippen LogP contribution >= 0.6 is 0 Å². The summed E-state index contributed by atoms with van der Waals surface area (Å²) in [5, 5.41) is 0. The summed E-state index contributed by atoms with van der Waals surface area (Å²) in [5.74, 6) is 0.864. The molecule has 0 heterocycles. The van der Waals surface area contributed by atoms with Crippen molar-refractivity contribution in [3.05, 3.63) is 78.1 Å². The molecule has 2 radical (unpaired) electrons. The fourth-order valence-corrected chi connectivity index (χ4v) is 2.27. The van der Waals surface area contributed by atoms with E-state index in [2.05, 4.69) is 92.4 Å². The normalized spacial score (nSPS) is 13.1. The van der Waals surface area contributed by atoms with E-state index in [0.717, 1.165) is 27.3 Å². The van der Waals surface area contributed by atoms with Crippen LogP contribution in [0.15, 0.2) is 66.5 Å². The number of ether oxygens (including phenoxy) is 1. The molecule has 1 nitrogen and oxygen atoms in total. The Balaban J connectivity index is 0. The fraction of sp³-hybridized carbons (Fsp3) is 0.462. The van der Waals surface area contributed by atoms with Gasteiger partial charge in [0.1, 0.15) is 5.75 Å². The third-order valence-electron chi connectivity index (χ3n) is 3.96. The van der Waals surface area contributed by atoms with Gasteiger partial charge in [0.15, 0.2) is 0 Å². The van der Waals surface area contributed by atoms with Gasteiger partial charge in [-0.15, -0.1) is 6.42 Å². The van der Waals surface area contributed by atoms with Gasteiger partial charge < -0.3 is 4.74 Å². The molecule has 0 atom stereocenters. The SMILES string of the molecule is C=CC(=COc1cccc(C)c1)C(C)(C)C.CC(C)(C)C1=CC[C-]=C1.C[Si]C.[Ti]. The van der Waals surface area contributed by atoms with E-state index in [9.17, 15) is 0 Å². The molecule has 0 amide bonds. The standard InChI is InChI=1S/C15H20O.C9H13.C2H6Si.Ti/c1-6-13(15(3,4)5)11-16-14-9-7-8-12(2)10-14;1-9(2,3)8-6-4-5-7-8;1-3-2;/h6-11H,1H2,2-5H3;6-7H,4H2,1-3H3;1-2H3;/q;-1;;. The number of benzene rings is 1. The van der Waals surface area contributed by atoms with Crippen LogP contribution in [0.25, 0.3) is 0 Å². The maximum Gasteiger partial charge on any atom is 0.126 e. The Morgan fingerprint density at radius 2 is 1.72 bits per heavy atom. The van der Waals surface area contributed by atoms with E-state index >= 15 is 0 Å². The first-order valence-corrected chi connectivity index (χ1v) is 11.9. The molecular formula is C26H39OSiTi-.